The van der Waals surface area contributed by atoms with Crippen molar-refractivity contribution < 1.29 is 19.7 Å². The first-order chi connectivity index (χ1) is 10.5. The second kappa shape index (κ2) is 6.50. The molecule has 1 unspecified atom stereocenters. The molecule has 0 aromatic heterocycles. The van der Waals surface area contributed by atoms with E-state index in [1.807, 2.05) is 15.9 Å². The van der Waals surface area contributed by atoms with Crippen molar-refractivity contribution in [3.8, 4) is 0 Å². The predicted molar refractivity (Wildman–Crippen MR) is 81.2 cm³/mol. The minimum atomic E-state index is -1.06. The molecule has 3 N–H and O–H groups in total. The third-order valence-corrected chi connectivity index (χ3v) is 4.67. The van der Waals surface area contributed by atoms with Gasteiger partial charge in [-0.3, -0.25) is 4.90 Å². The fraction of sp³-hybridized carbons (Fsp3) is 0.625. The summed E-state index contributed by atoms with van der Waals surface area (Å²) in [5, 5.41) is 29.1. The molecule has 5 nitrogen and oxygen atoms in total. The predicted octanol–water partition coefficient (Wildman–Crippen LogP) is 0.0503. The highest BCUT2D eigenvalue weighted by Crippen LogP contribution is 2.27. The lowest BCUT2D eigenvalue weighted by Crippen LogP contribution is -2.56. The average Bonchev–Trinajstić information content (AvgIpc) is 2.93. The number of hydrogen-bond acceptors (Lipinski definition) is 5. The second-order valence-corrected chi connectivity index (χ2v) is 6.40. The van der Waals surface area contributed by atoms with Crippen molar-refractivity contribution in [2.75, 3.05) is 37.6 Å². The van der Waals surface area contributed by atoms with Crippen LogP contribution in [0.15, 0.2) is 24.3 Å². The Balaban J connectivity index is 1.56. The standard InChI is InChI=1S/C16H23FN2O3/c17-12-3-1-2-4-13(12)19-6-5-11(8-19)7-18-9-14(20)16(22)15(21)10-18/h1-4,11,14-16,20-22H,5-10H2/t11-,14-,15+,16?/m1/s1. The van der Waals surface area contributed by atoms with Gasteiger partial charge in [0.05, 0.1) is 17.9 Å². The Morgan fingerprint density at radius 3 is 2.41 bits per heavy atom. The molecule has 0 bridgehead atoms. The van der Waals surface area contributed by atoms with Gasteiger partial charge >= 0.3 is 0 Å². The van der Waals surface area contributed by atoms with E-state index in [4.69, 9.17) is 0 Å². The van der Waals surface area contributed by atoms with Crippen molar-refractivity contribution in [3.05, 3.63) is 30.1 Å². The van der Waals surface area contributed by atoms with Gasteiger partial charge in [0.15, 0.2) is 0 Å². The first-order valence-corrected chi connectivity index (χ1v) is 7.80. The van der Waals surface area contributed by atoms with Crippen molar-refractivity contribution in [3.63, 3.8) is 0 Å². The van der Waals surface area contributed by atoms with Gasteiger partial charge in [0.25, 0.3) is 0 Å². The molecule has 2 heterocycles. The van der Waals surface area contributed by atoms with E-state index >= 15 is 0 Å². The van der Waals surface area contributed by atoms with Gasteiger partial charge in [-0.25, -0.2) is 4.39 Å². The molecule has 6 heteroatoms. The number of aliphatic hydroxyl groups excluding tert-OH is 3. The van der Waals surface area contributed by atoms with Crippen LogP contribution in [-0.2, 0) is 0 Å². The van der Waals surface area contributed by atoms with E-state index in [2.05, 4.69) is 0 Å². The number of benzene rings is 1. The SMILES string of the molecule is OC1[C@H](O)CN(C[C@H]2CCN(c3ccccc3F)C2)C[C@@H]1O. The normalized spacial score (nSPS) is 33.4. The topological polar surface area (TPSA) is 67.2 Å². The molecule has 2 aliphatic rings. The van der Waals surface area contributed by atoms with Crippen molar-refractivity contribution in [2.45, 2.75) is 24.7 Å². The van der Waals surface area contributed by atoms with Crippen LogP contribution in [0, 0.1) is 11.7 Å². The van der Waals surface area contributed by atoms with Crippen LogP contribution in [0.2, 0.25) is 0 Å². The zero-order valence-electron chi connectivity index (χ0n) is 12.5. The minimum absolute atomic E-state index is 0.199. The molecular weight excluding hydrogens is 287 g/mol. The molecule has 4 atom stereocenters. The number of nitrogens with zero attached hydrogens (tertiary/aromatic N) is 2. The largest absolute Gasteiger partial charge is 0.389 e. The maximum atomic E-state index is 13.8. The lowest BCUT2D eigenvalue weighted by Gasteiger charge is -2.38. The van der Waals surface area contributed by atoms with Crippen molar-refractivity contribution >= 4 is 5.69 Å². The van der Waals surface area contributed by atoms with Gasteiger partial charge in [-0.2, -0.15) is 0 Å². The Morgan fingerprint density at radius 1 is 1.05 bits per heavy atom. The van der Waals surface area contributed by atoms with Gasteiger partial charge in [-0.05, 0) is 24.5 Å². The number of aliphatic hydroxyl groups is 3. The number of anilines is 1. The highest BCUT2D eigenvalue weighted by atomic mass is 19.1. The Labute approximate surface area is 129 Å². The number of hydrogen-bond donors (Lipinski definition) is 3. The second-order valence-electron chi connectivity index (χ2n) is 6.40. The van der Waals surface area contributed by atoms with Gasteiger partial charge in [-0.1, -0.05) is 12.1 Å². The fourth-order valence-corrected chi connectivity index (χ4v) is 3.50. The van der Waals surface area contributed by atoms with Crippen LogP contribution in [-0.4, -0.2) is 71.3 Å². The third-order valence-electron chi connectivity index (χ3n) is 4.67. The smallest absolute Gasteiger partial charge is 0.146 e. The van der Waals surface area contributed by atoms with Crippen LogP contribution >= 0.6 is 0 Å². The van der Waals surface area contributed by atoms with Crippen molar-refractivity contribution in [1.82, 2.24) is 4.90 Å². The Kier molecular flexibility index (Phi) is 4.63. The lowest BCUT2D eigenvalue weighted by atomic mass is 10.00. The summed E-state index contributed by atoms with van der Waals surface area (Å²) in [6, 6.07) is 6.79. The molecule has 2 saturated heterocycles. The zero-order valence-corrected chi connectivity index (χ0v) is 12.5. The van der Waals surface area contributed by atoms with Crippen molar-refractivity contribution in [1.29, 1.82) is 0 Å². The molecular formula is C16H23FN2O3. The van der Waals surface area contributed by atoms with Crippen molar-refractivity contribution in [2.24, 2.45) is 5.92 Å². The Hall–Kier alpha value is -1.21. The lowest BCUT2D eigenvalue weighted by molar-refractivity contribution is -0.111. The summed E-state index contributed by atoms with van der Waals surface area (Å²) in [7, 11) is 0. The van der Waals surface area contributed by atoms with E-state index in [1.54, 1.807) is 12.1 Å². The molecule has 0 radical (unpaired) electrons. The molecule has 0 saturated carbocycles. The van der Waals surface area contributed by atoms with Crippen LogP contribution in [0.5, 0.6) is 0 Å². The van der Waals surface area contributed by atoms with E-state index in [9.17, 15) is 19.7 Å². The number of halogens is 1. The third kappa shape index (κ3) is 3.25. The molecule has 1 aromatic carbocycles. The fourth-order valence-electron chi connectivity index (χ4n) is 3.50. The molecule has 0 amide bonds. The molecule has 0 aliphatic carbocycles. The first-order valence-electron chi connectivity index (χ1n) is 7.80. The van der Waals surface area contributed by atoms with Crippen LogP contribution < -0.4 is 4.90 Å². The number of β-amino-alcohol motifs (C(OH)–C–C–N with tert-alkyl or cyclic N) is 2. The van der Waals surface area contributed by atoms with E-state index < -0.39 is 18.3 Å². The van der Waals surface area contributed by atoms with Gasteiger partial charge in [0.2, 0.25) is 0 Å². The van der Waals surface area contributed by atoms with Crippen LogP contribution in [0.4, 0.5) is 10.1 Å². The van der Waals surface area contributed by atoms with E-state index in [-0.39, 0.29) is 5.82 Å². The molecule has 1 aromatic rings. The number of piperidine rings is 1. The highest BCUT2D eigenvalue weighted by Gasteiger charge is 2.35. The summed E-state index contributed by atoms with van der Waals surface area (Å²) in [4.78, 5) is 4.03. The summed E-state index contributed by atoms with van der Waals surface area (Å²) in [6.45, 7) is 3.06. The quantitative estimate of drug-likeness (QED) is 0.736. The molecule has 2 aliphatic heterocycles. The summed E-state index contributed by atoms with van der Waals surface area (Å²) >= 11 is 0. The molecule has 3 rings (SSSR count). The Bertz CT molecular complexity index is 504. The average molecular weight is 310 g/mol. The molecule has 122 valence electrons. The van der Waals surface area contributed by atoms with Gasteiger partial charge in [-0.15, -0.1) is 0 Å². The van der Waals surface area contributed by atoms with Crippen LogP contribution in [0.3, 0.4) is 0 Å². The molecule has 2 fully saturated rings. The molecule has 22 heavy (non-hydrogen) atoms. The summed E-state index contributed by atoms with van der Waals surface area (Å²) in [5.74, 6) is 0.171. The highest BCUT2D eigenvalue weighted by molar-refractivity contribution is 5.48. The van der Waals surface area contributed by atoms with Gasteiger partial charge < -0.3 is 20.2 Å². The summed E-state index contributed by atoms with van der Waals surface area (Å²) < 4.78 is 13.8. The molecule has 0 spiro atoms. The number of rotatable bonds is 3. The monoisotopic (exact) mass is 310 g/mol. The number of likely N-dealkylation sites (tertiary alicyclic amines) is 1. The Morgan fingerprint density at radius 2 is 1.73 bits per heavy atom. The van der Waals surface area contributed by atoms with E-state index in [1.165, 1.54) is 6.07 Å². The maximum absolute atomic E-state index is 13.8. The summed E-state index contributed by atoms with van der Waals surface area (Å²) in [6.07, 6.45) is -1.92. The van der Waals surface area contributed by atoms with E-state index in [0.29, 0.717) is 24.7 Å². The van der Waals surface area contributed by atoms with Gasteiger partial charge in [0, 0.05) is 32.7 Å². The zero-order chi connectivity index (χ0) is 15.7. The number of para-hydroxylation sites is 1. The van der Waals surface area contributed by atoms with Crippen LogP contribution in [0.25, 0.3) is 0 Å². The maximum Gasteiger partial charge on any atom is 0.146 e. The van der Waals surface area contributed by atoms with E-state index in [0.717, 1.165) is 26.1 Å². The first kappa shape index (κ1) is 15.7. The minimum Gasteiger partial charge on any atom is -0.389 e. The van der Waals surface area contributed by atoms with Gasteiger partial charge in [0.1, 0.15) is 11.9 Å². The summed E-state index contributed by atoms with van der Waals surface area (Å²) in [5.41, 5.74) is 0.638. The van der Waals surface area contributed by atoms with Crippen LogP contribution in [0.1, 0.15) is 6.42 Å².